The fourth-order valence-electron chi connectivity index (χ4n) is 1.14. The maximum Gasteiger partial charge on any atom is 0.143 e. The minimum atomic E-state index is 0.0665. The largest absolute Gasteiger partial charge is 0.409 e. The molecular weight excluding hydrogens is 192 g/mol. The van der Waals surface area contributed by atoms with Crippen molar-refractivity contribution >= 4 is 5.84 Å². The number of nitrogens with zero attached hydrogens (tertiary/aromatic N) is 2. The SMILES string of the molecule is CC(CCN(C)C)NCC(C)C(N)=NO. The van der Waals surface area contributed by atoms with Gasteiger partial charge in [0.05, 0.1) is 0 Å². The number of hydrogen-bond acceptors (Lipinski definition) is 4. The predicted molar refractivity (Wildman–Crippen MR) is 63.2 cm³/mol. The van der Waals surface area contributed by atoms with Crippen molar-refractivity contribution in [3.05, 3.63) is 0 Å². The Morgan fingerprint density at radius 2 is 2.07 bits per heavy atom. The molecule has 0 aromatic carbocycles. The lowest BCUT2D eigenvalue weighted by atomic mass is 10.1. The summed E-state index contributed by atoms with van der Waals surface area (Å²) in [5.41, 5.74) is 5.48. The van der Waals surface area contributed by atoms with Crippen LogP contribution in [-0.2, 0) is 0 Å². The van der Waals surface area contributed by atoms with E-state index >= 15 is 0 Å². The molecular formula is C10H24N4O. The number of nitrogens with one attached hydrogen (secondary N) is 1. The molecule has 0 radical (unpaired) electrons. The molecule has 0 heterocycles. The molecule has 0 rings (SSSR count). The molecule has 0 fully saturated rings. The van der Waals surface area contributed by atoms with Crippen molar-refractivity contribution in [2.75, 3.05) is 27.2 Å². The standard InChI is InChI=1S/C10H24N4O/c1-8(10(11)13-15)7-12-9(2)5-6-14(3)4/h8-9,12,15H,5-7H2,1-4H3,(H2,11,13). The second-order valence-electron chi connectivity index (χ2n) is 4.33. The third-order valence-corrected chi connectivity index (χ3v) is 2.40. The first-order chi connectivity index (χ1) is 6.97. The molecule has 0 amide bonds. The van der Waals surface area contributed by atoms with Gasteiger partial charge in [0.25, 0.3) is 0 Å². The van der Waals surface area contributed by atoms with Gasteiger partial charge in [0, 0.05) is 18.5 Å². The first-order valence-corrected chi connectivity index (χ1v) is 5.33. The zero-order valence-electron chi connectivity index (χ0n) is 10.2. The summed E-state index contributed by atoms with van der Waals surface area (Å²) >= 11 is 0. The summed E-state index contributed by atoms with van der Waals surface area (Å²) < 4.78 is 0. The van der Waals surface area contributed by atoms with Gasteiger partial charge < -0.3 is 21.2 Å². The van der Waals surface area contributed by atoms with E-state index in [0.717, 1.165) is 19.5 Å². The zero-order valence-corrected chi connectivity index (χ0v) is 10.2. The lowest BCUT2D eigenvalue weighted by Gasteiger charge is -2.18. The minimum Gasteiger partial charge on any atom is -0.409 e. The fraction of sp³-hybridized carbons (Fsp3) is 0.900. The molecule has 0 saturated carbocycles. The minimum absolute atomic E-state index is 0.0665. The average molecular weight is 216 g/mol. The van der Waals surface area contributed by atoms with Crippen LogP contribution in [0.25, 0.3) is 0 Å². The maximum absolute atomic E-state index is 8.48. The van der Waals surface area contributed by atoms with Crippen LogP contribution in [-0.4, -0.2) is 49.2 Å². The van der Waals surface area contributed by atoms with Gasteiger partial charge in [-0.05, 0) is 34.0 Å². The van der Waals surface area contributed by atoms with Crippen molar-refractivity contribution in [2.45, 2.75) is 26.3 Å². The molecule has 0 spiro atoms. The highest BCUT2D eigenvalue weighted by Gasteiger charge is 2.09. The topological polar surface area (TPSA) is 73.9 Å². The van der Waals surface area contributed by atoms with Gasteiger partial charge in [0.1, 0.15) is 5.84 Å². The van der Waals surface area contributed by atoms with Crippen LogP contribution in [0.15, 0.2) is 5.16 Å². The Hall–Kier alpha value is -0.810. The number of nitrogens with two attached hydrogens (primary N) is 1. The van der Waals surface area contributed by atoms with Gasteiger partial charge in [-0.25, -0.2) is 0 Å². The molecule has 2 unspecified atom stereocenters. The van der Waals surface area contributed by atoms with E-state index in [4.69, 9.17) is 10.9 Å². The van der Waals surface area contributed by atoms with E-state index in [2.05, 4.69) is 36.4 Å². The normalized spacial score (nSPS) is 16.7. The Labute approximate surface area is 92.3 Å². The summed E-state index contributed by atoms with van der Waals surface area (Å²) in [4.78, 5) is 2.16. The van der Waals surface area contributed by atoms with Crippen molar-refractivity contribution in [2.24, 2.45) is 16.8 Å². The predicted octanol–water partition coefficient (Wildman–Crippen LogP) is 0.299. The van der Waals surface area contributed by atoms with E-state index < -0.39 is 0 Å². The van der Waals surface area contributed by atoms with Gasteiger partial charge in [0.15, 0.2) is 0 Å². The molecule has 15 heavy (non-hydrogen) atoms. The first-order valence-electron chi connectivity index (χ1n) is 5.33. The maximum atomic E-state index is 8.48. The monoisotopic (exact) mass is 216 g/mol. The number of rotatable bonds is 7. The fourth-order valence-corrected chi connectivity index (χ4v) is 1.14. The Kier molecular flexibility index (Phi) is 7.07. The molecule has 5 nitrogen and oxygen atoms in total. The Bertz CT molecular complexity index is 194. The van der Waals surface area contributed by atoms with Crippen LogP contribution in [0.3, 0.4) is 0 Å². The van der Waals surface area contributed by atoms with Crippen LogP contribution < -0.4 is 11.1 Å². The Morgan fingerprint density at radius 1 is 1.47 bits per heavy atom. The average Bonchev–Trinajstić information content (AvgIpc) is 2.21. The van der Waals surface area contributed by atoms with Gasteiger partial charge >= 0.3 is 0 Å². The molecule has 2 atom stereocenters. The summed E-state index contributed by atoms with van der Waals surface area (Å²) in [6, 6.07) is 0.446. The molecule has 0 bridgehead atoms. The summed E-state index contributed by atoms with van der Waals surface area (Å²) in [5.74, 6) is 0.346. The number of oxime groups is 1. The molecule has 0 aromatic rings. The van der Waals surface area contributed by atoms with Crippen molar-refractivity contribution in [3.63, 3.8) is 0 Å². The van der Waals surface area contributed by atoms with E-state index in [0.29, 0.717) is 6.04 Å². The van der Waals surface area contributed by atoms with E-state index in [9.17, 15) is 0 Å². The molecule has 0 aliphatic carbocycles. The molecule has 0 aromatic heterocycles. The molecule has 0 aliphatic rings. The molecule has 0 aliphatic heterocycles. The van der Waals surface area contributed by atoms with Crippen LogP contribution in [0.2, 0.25) is 0 Å². The van der Waals surface area contributed by atoms with Crippen LogP contribution >= 0.6 is 0 Å². The molecule has 5 heteroatoms. The highest BCUT2D eigenvalue weighted by Crippen LogP contribution is 1.96. The second kappa shape index (κ2) is 7.48. The van der Waals surface area contributed by atoms with Gasteiger partial charge in [-0.3, -0.25) is 0 Å². The third-order valence-electron chi connectivity index (χ3n) is 2.40. The van der Waals surface area contributed by atoms with Crippen molar-refractivity contribution < 1.29 is 5.21 Å². The Balaban J connectivity index is 3.66. The Morgan fingerprint density at radius 3 is 2.53 bits per heavy atom. The van der Waals surface area contributed by atoms with Gasteiger partial charge in [-0.15, -0.1) is 0 Å². The van der Waals surface area contributed by atoms with Crippen LogP contribution in [0.1, 0.15) is 20.3 Å². The van der Waals surface area contributed by atoms with E-state index in [-0.39, 0.29) is 11.8 Å². The van der Waals surface area contributed by atoms with Crippen molar-refractivity contribution in [3.8, 4) is 0 Å². The van der Waals surface area contributed by atoms with Crippen molar-refractivity contribution in [1.29, 1.82) is 0 Å². The second-order valence-corrected chi connectivity index (χ2v) is 4.33. The quantitative estimate of drug-likeness (QED) is 0.248. The van der Waals surface area contributed by atoms with E-state index in [1.54, 1.807) is 0 Å². The number of hydrogen-bond donors (Lipinski definition) is 3. The molecule has 4 N–H and O–H groups in total. The van der Waals surface area contributed by atoms with E-state index in [1.165, 1.54) is 0 Å². The smallest absolute Gasteiger partial charge is 0.143 e. The zero-order chi connectivity index (χ0) is 11.8. The summed E-state index contributed by atoms with van der Waals surface area (Å²) in [5, 5.41) is 14.8. The summed E-state index contributed by atoms with van der Waals surface area (Å²) in [7, 11) is 4.12. The highest BCUT2D eigenvalue weighted by atomic mass is 16.4. The first kappa shape index (κ1) is 14.2. The van der Waals surface area contributed by atoms with Gasteiger partial charge in [-0.1, -0.05) is 12.1 Å². The molecule has 90 valence electrons. The molecule has 0 saturated heterocycles. The van der Waals surface area contributed by atoms with Gasteiger partial charge in [-0.2, -0.15) is 0 Å². The third kappa shape index (κ3) is 7.16. The summed E-state index contributed by atoms with van der Waals surface area (Å²) in [6.45, 7) is 5.87. The highest BCUT2D eigenvalue weighted by molar-refractivity contribution is 5.82. The lowest BCUT2D eigenvalue weighted by Crippen LogP contribution is -2.37. The summed E-state index contributed by atoms with van der Waals surface area (Å²) in [6.07, 6.45) is 1.09. The lowest BCUT2D eigenvalue weighted by molar-refractivity contribution is 0.313. The van der Waals surface area contributed by atoms with Gasteiger partial charge in [0.2, 0.25) is 0 Å². The van der Waals surface area contributed by atoms with Crippen molar-refractivity contribution in [1.82, 2.24) is 10.2 Å². The number of amidine groups is 1. The van der Waals surface area contributed by atoms with E-state index in [1.807, 2.05) is 6.92 Å². The van der Waals surface area contributed by atoms with Crippen LogP contribution in [0.4, 0.5) is 0 Å². The van der Waals surface area contributed by atoms with Crippen LogP contribution in [0.5, 0.6) is 0 Å². The van der Waals surface area contributed by atoms with Crippen LogP contribution in [0, 0.1) is 5.92 Å².